The Morgan fingerprint density at radius 3 is 2.69 bits per heavy atom. The Morgan fingerprint density at radius 1 is 1.62 bits per heavy atom. The topological polar surface area (TPSA) is 63.3 Å². The van der Waals surface area contributed by atoms with Crippen LogP contribution in [0.5, 0.6) is 5.75 Å². The maximum absolute atomic E-state index is 11.3. The minimum Gasteiger partial charge on any atom is -0.508 e. The Hall–Kier alpha value is -1.22. The van der Waals surface area contributed by atoms with E-state index in [4.69, 9.17) is 22.4 Å². The summed E-state index contributed by atoms with van der Waals surface area (Å²) in [5.41, 5.74) is 6.86. The summed E-state index contributed by atoms with van der Waals surface area (Å²) in [5.74, 6) is -0.270. The van der Waals surface area contributed by atoms with Gasteiger partial charge in [0, 0.05) is 17.3 Å². The number of hydrogen-bond donors (Lipinski definition) is 2. The van der Waals surface area contributed by atoms with Crippen molar-refractivity contribution >= 4 is 23.1 Å². The number of aromatic hydroxyl groups is 1. The van der Waals surface area contributed by atoms with Gasteiger partial charge in [-0.2, -0.15) is 0 Å². The summed E-state index contributed by atoms with van der Waals surface area (Å²) in [6, 6.07) is 2.82. The summed E-state index contributed by atoms with van der Waals surface area (Å²) in [4.78, 5) is 11.3. The van der Waals surface area contributed by atoms with E-state index < -0.39 is 0 Å². The molecule has 70 valence electrons. The standard InChI is InChI=1S/C9H10ClNO2/c1-5-2-6(12)3-7(11)9(5)8(13)4-10/h2-3,12H,4,11H2,1H3. The summed E-state index contributed by atoms with van der Waals surface area (Å²) < 4.78 is 0. The van der Waals surface area contributed by atoms with Crippen molar-refractivity contribution in [3.05, 3.63) is 23.3 Å². The lowest BCUT2D eigenvalue weighted by Crippen LogP contribution is -2.07. The van der Waals surface area contributed by atoms with E-state index in [-0.39, 0.29) is 23.1 Å². The fourth-order valence-corrected chi connectivity index (χ4v) is 1.38. The predicted octanol–water partition coefficient (Wildman–Crippen LogP) is 1.70. The molecule has 0 radical (unpaired) electrons. The Balaban J connectivity index is 3.28. The highest BCUT2D eigenvalue weighted by molar-refractivity contribution is 6.31. The third-order valence-electron chi connectivity index (χ3n) is 1.75. The molecule has 0 bridgehead atoms. The van der Waals surface area contributed by atoms with E-state index in [9.17, 15) is 4.79 Å². The Kier molecular flexibility index (Phi) is 2.78. The molecule has 0 aliphatic rings. The van der Waals surface area contributed by atoms with Gasteiger partial charge in [-0.05, 0) is 18.6 Å². The van der Waals surface area contributed by atoms with Gasteiger partial charge in [0.2, 0.25) is 0 Å². The molecule has 13 heavy (non-hydrogen) atoms. The van der Waals surface area contributed by atoms with Crippen molar-refractivity contribution < 1.29 is 9.90 Å². The van der Waals surface area contributed by atoms with Crippen LogP contribution in [0.25, 0.3) is 0 Å². The Morgan fingerprint density at radius 2 is 2.23 bits per heavy atom. The first kappa shape index (κ1) is 9.86. The number of anilines is 1. The molecule has 0 fully saturated rings. The number of alkyl halides is 1. The fourth-order valence-electron chi connectivity index (χ4n) is 1.24. The molecule has 0 spiro atoms. The highest BCUT2D eigenvalue weighted by Crippen LogP contribution is 2.23. The lowest BCUT2D eigenvalue weighted by molar-refractivity contribution is 0.102. The van der Waals surface area contributed by atoms with Crippen LogP contribution in [0.1, 0.15) is 15.9 Å². The average Bonchev–Trinajstić information content (AvgIpc) is 2.02. The first-order valence-corrected chi connectivity index (χ1v) is 4.28. The van der Waals surface area contributed by atoms with Crippen LogP contribution < -0.4 is 5.73 Å². The summed E-state index contributed by atoms with van der Waals surface area (Å²) in [6.07, 6.45) is 0. The van der Waals surface area contributed by atoms with Crippen LogP contribution >= 0.6 is 11.6 Å². The van der Waals surface area contributed by atoms with Gasteiger partial charge >= 0.3 is 0 Å². The van der Waals surface area contributed by atoms with Crippen LogP contribution in [0.15, 0.2) is 12.1 Å². The van der Waals surface area contributed by atoms with Gasteiger partial charge in [0.05, 0.1) is 5.88 Å². The number of phenolic OH excluding ortho intramolecular Hbond substituents is 1. The van der Waals surface area contributed by atoms with E-state index in [1.165, 1.54) is 12.1 Å². The predicted molar refractivity (Wildman–Crippen MR) is 52.3 cm³/mol. The molecule has 0 aromatic heterocycles. The summed E-state index contributed by atoms with van der Waals surface area (Å²) in [5, 5.41) is 9.15. The van der Waals surface area contributed by atoms with Gasteiger partial charge in [0.25, 0.3) is 0 Å². The number of aryl methyl sites for hydroxylation is 1. The van der Waals surface area contributed by atoms with E-state index >= 15 is 0 Å². The zero-order chi connectivity index (χ0) is 10.0. The van der Waals surface area contributed by atoms with Crippen LogP contribution in [0.3, 0.4) is 0 Å². The zero-order valence-electron chi connectivity index (χ0n) is 7.17. The molecule has 0 atom stereocenters. The van der Waals surface area contributed by atoms with Gasteiger partial charge in [0.1, 0.15) is 5.75 Å². The van der Waals surface area contributed by atoms with Gasteiger partial charge in [-0.15, -0.1) is 11.6 Å². The van der Waals surface area contributed by atoms with Gasteiger partial charge in [-0.1, -0.05) is 0 Å². The molecule has 0 saturated carbocycles. The second-order valence-corrected chi connectivity index (χ2v) is 3.05. The highest BCUT2D eigenvalue weighted by Gasteiger charge is 2.12. The number of Topliss-reactive ketones (excluding diaryl/α,β-unsaturated/α-hetero) is 1. The number of nitrogens with two attached hydrogens (primary N) is 1. The number of benzene rings is 1. The maximum Gasteiger partial charge on any atom is 0.179 e. The molecule has 3 N–H and O–H groups in total. The Labute approximate surface area is 81.1 Å². The van der Waals surface area contributed by atoms with Crippen LogP contribution in [-0.2, 0) is 0 Å². The van der Waals surface area contributed by atoms with Crippen molar-refractivity contribution in [2.24, 2.45) is 0 Å². The number of phenols is 1. The van der Waals surface area contributed by atoms with E-state index in [2.05, 4.69) is 0 Å². The van der Waals surface area contributed by atoms with Crippen molar-refractivity contribution in [1.29, 1.82) is 0 Å². The summed E-state index contributed by atoms with van der Waals surface area (Å²) >= 11 is 5.40. The van der Waals surface area contributed by atoms with Crippen LogP contribution in [0, 0.1) is 6.92 Å². The lowest BCUT2D eigenvalue weighted by atomic mass is 10.0. The van der Waals surface area contributed by atoms with E-state index in [0.29, 0.717) is 11.1 Å². The quantitative estimate of drug-likeness (QED) is 0.433. The van der Waals surface area contributed by atoms with Gasteiger partial charge < -0.3 is 10.8 Å². The number of ketones is 1. The first-order chi connectivity index (χ1) is 6.06. The van der Waals surface area contributed by atoms with Gasteiger partial charge in [0.15, 0.2) is 5.78 Å². The number of hydrogen-bond acceptors (Lipinski definition) is 3. The Bertz CT molecular complexity index is 326. The molecule has 0 saturated heterocycles. The molecule has 1 aromatic carbocycles. The monoisotopic (exact) mass is 199 g/mol. The van der Waals surface area contributed by atoms with Crippen LogP contribution in [0.4, 0.5) is 5.69 Å². The SMILES string of the molecule is Cc1cc(O)cc(N)c1C(=O)CCl. The molecule has 0 aliphatic carbocycles. The van der Waals surface area contributed by atoms with Gasteiger partial charge in [-0.25, -0.2) is 0 Å². The van der Waals surface area contributed by atoms with Crippen molar-refractivity contribution in [3.63, 3.8) is 0 Å². The third-order valence-corrected chi connectivity index (χ3v) is 1.99. The number of halogens is 1. The molecule has 0 aliphatic heterocycles. The zero-order valence-corrected chi connectivity index (χ0v) is 7.93. The van der Waals surface area contributed by atoms with E-state index in [1.807, 2.05) is 0 Å². The second-order valence-electron chi connectivity index (χ2n) is 2.78. The molecule has 0 heterocycles. The number of nitrogen functional groups attached to an aromatic ring is 1. The van der Waals surface area contributed by atoms with Crippen molar-refractivity contribution in [2.75, 3.05) is 11.6 Å². The smallest absolute Gasteiger partial charge is 0.179 e. The minimum atomic E-state index is -0.225. The second kappa shape index (κ2) is 3.66. The lowest BCUT2D eigenvalue weighted by Gasteiger charge is -2.07. The average molecular weight is 200 g/mol. The normalized spacial score (nSPS) is 10.0. The highest BCUT2D eigenvalue weighted by atomic mass is 35.5. The van der Waals surface area contributed by atoms with Crippen molar-refractivity contribution in [2.45, 2.75) is 6.92 Å². The molecular formula is C9H10ClNO2. The largest absolute Gasteiger partial charge is 0.508 e. The number of rotatable bonds is 2. The number of carbonyl (C=O) groups is 1. The first-order valence-electron chi connectivity index (χ1n) is 3.74. The minimum absolute atomic E-state index is 0.0566. The van der Waals surface area contributed by atoms with Crippen molar-refractivity contribution in [3.8, 4) is 5.75 Å². The summed E-state index contributed by atoms with van der Waals surface area (Å²) in [6.45, 7) is 1.70. The molecule has 0 unspecified atom stereocenters. The molecule has 4 heteroatoms. The molecule has 1 rings (SSSR count). The van der Waals surface area contributed by atoms with E-state index in [0.717, 1.165) is 0 Å². The maximum atomic E-state index is 11.3. The molecule has 3 nitrogen and oxygen atoms in total. The van der Waals surface area contributed by atoms with Crippen LogP contribution in [-0.4, -0.2) is 16.8 Å². The van der Waals surface area contributed by atoms with Crippen molar-refractivity contribution in [1.82, 2.24) is 0 Å². The van der Waals surface area contributed by atoms with Crippen LogP contribution in [0.2, 0.25) is 0 Å². The molecular weight excluding hydrogens is 190 g/mol. The molecule has 1 aromatic rings. The van der Waals surface area contributed by atoms with Gasteiger partial charge in [-0.3, -0.25) is 4.79 Å². The third kappa shape index (κ3) is 1.92. The van der Waals surface area contributed by atoms with E-state index in [1.54, 1.807) is 6.92 Å². The number of carbonyl (C=O) groups excluding carboxylic acids is 1. The summed E-state index contributed by atoms with van der Waals surface area (Å²) in [7, 11) is 0. The fraction of sp³-hybridized carbons (Fsp3) is 0.222. The molecule has 0 amide bonds.